The summed E-state index contributed by atoms with van der Waals surface area (Å²) < 4.78 is 0. The Morgan fingerprint density at radius 3 is 2.89 bits per heavy atom. The maximum atomic E-state index is 12.2. The molecular formula is C12H17N3O2S. The number of hydrogen-bond donors (Lipinski definition) is 3. The molecule has 1 saturated heterocycles. The molecule has 1 fully saturated rings. The lowest BCUT2D eigenvalue weighted by Crippen LogP contribution is -2.54. The molecule has 1 aromatic rings. The van der Waals surface area contributed by atoms with Crippen LogP contribution in [0.15, 0.2) is 11.4 Å². The molecule has 4 N–H and O–H groups in total. The van der Waals surface area contributed by atoms with Crippen molar-refractivity contribution in [2.45, 2.75) is 31.7 Å². The predicted molar refractivity (Wildman–Crippen MR) is 71.7 cm³/mol. The van der Waals surface area contributed by atoms with Crippen molar-refractivity contribution in [3.63, 3.8) is 0 Å². The largest absolute Gasteiger partial charge is 0.366 e. The van der Waals surface area contributed by atoms with E-state index in [4.69, 9.17) is 5.73 Å². The zero-order chi connectivity index (χ0) is 13.2. The zero-order valence-electron chi connectivity index (χ0n) is 10.3. The van der Waals surface area contributed by atoms with Crippen LogP contribution in [-0.2, 0) is 4.79 Å². The number of rotatable bonds is 3. The first kappa shape index (κ1) is 13.0. The number of piperidine rings is 1. The third-order valence-electron chi connectivity index (χ3n) is 3.28. The number of hydrogen-bond acceptors (Lipinski definition) is 4. The minimum absolute atomic E-state index is 0.104. The standard InChI is InChI=1S/C12H17N3O2S/c1-12(5-2-3-6-14-12)11(17)15-10-8(9(13)16)4-7-18-10/h4,7,14H,2-3,5-6H2,1H3,(H2,13,16)(H,15,17). The molecule has 98 valence electrons. The summed E-state index contributed by atoms with van der Waals surface area (Å²) in [6.07, 6.45) is 2.93. The molecule has 2 heterocycles. The minimum Gasteiger partial charge on any atom is -0.366 e. The molecule has 0 spiro atoms. The van der Waals surface area contributed by atoms with Crippen molar-refractivity contribution in [1.82, 2.24) is 5.32 Å². The molecular weight excluding hydrogens is 250 g/mol. The molecule has 18 heavy (non-hydrogen) atoms. The van der Waals surface area contributed by atoms with Crippen molar-refractivity contribution < 1.29 is 9.59 Å². The molecule has 1 unspecified atom stereocenters. The van der Waals surface area contributed by atoms with Gasteiger partial charge in [0.25, 0.3) is 5.91 Å². The lowest BCUT2D eigenvalue weighted by Gasteiger charge is -2.33. The zero-order valence-corrected chi connectivity index (χ0v) is 11.1. The lowest BCUT2D eigenvalue weighted by molar-refractivity contribution is -0.122. The number of thiophene rings is 1. The van der Waals surface area contributed by atoms with E-state index in [1.807, 2.05) is 6.92 Å². The van der Waals surface area contributed by atoms with Gasteiger partial charge in [-0.15, -0.1) is 11.3 Å². The fourth-order valence-corrected chi connectivity index (χ4v) is 2.88. The highest BCUT2D eigenvalue weighted by molar-refractivity contribution is 7.14. The highest BCUT2D eigenvalue weighted by Gasteiger charge is 2.34. The van der Waals surface area contributed by atoms with Crippen molar-refractivity contribution in [2.75, 3.05) is 11.9 Å². The monoisotopic (exact) mass is 267 g/mol. The van der Waals surface area contributed by atoms with E-state index in [0.717, 1.165) is 25.8 Å². The second-order valence-corrected chi connectivity index (χ2v) is 5.61. The van der Waals surface area contributed by atoms with Gasteiger partial charge in [-0.2, -0.15) is 0 Å². The summed E-state index contributed by atoms with van der Waals surface area (Å²) in [4.78, 5) is 23.4. The molecule has 0 bridgehead atoms. The Hall–Kier alpha value is -1.40. The highest BCUT2D eigenvalue weighted by atomic mass is 32.1. The van der Waals surface area contributed by atoms with Crippen LogP contribution >= 0.6 is 11.3 Å². The van der Waals surface area contributed by atoms with E-state index in [-0.39, 0.29) is 5.91 Å². The van der Waals surface area contributed by atoms with Crippen molar-refractivity contribution >= 4 is 28.2 Å². The van der Waals surface area contributed by atoms with Gasteiger partial charge < -0.3 is 16.4 Å². The molecule has 5 nitrogen and oxygen atoms in total. The van der Waals surface area contributed by atoms with Crippen molar-refractivity contribution in [2.24, 2.45) is 5.73 Å². The minimum atomic E-state index is -0.558. The van der Waals surface area contributed by atoms with Gasteiger partial charge in [-0.3, -0.25) is 9.59 Å². The van der Waals surface area contributed by atoms with Gasteiger partial charge >= 0.3 is 0 Å². The van der Waals surface area contributed by atoms with Crippen LogP contribution in [0, 0.1) is 0 Å². The Morgan fingerprint density at radius 1 is 1.50 bits per heavy atom. The van der Waals surface area contributed by atoms with Gasteiger partial charge in [-0.05, 0) is 44.2 Å². The smallest absolute Gasteiger partial charge is 0.251 e. The van der Waals surface area contributed by atoms with Gasteiger partial charge in [-0.1, -0.05) is 0 Å². The van der Waals surface area contributed by atoms with Crippen LogP contribution in [0.25, 0.3) is 0 Å². The molecule has 0 aromatic carbocycles. The lowest BCUT2D eigenvalue weighted by atomic mass is 9.90. The molecule has 2 amide bonds. The molecule has 6 heteroatoms. The second kappa shape index (κ2) is 5.07. The van der Waals surface area contributed by atoms with Crippen LogP contribution in [0.2, 0.25) is 0 Å². The number of carbonyl (C=O) groups is 2. The Morgan fingerprint density at radius 2 is 2.28 bits per heavy atom. The van der Waals surface area contributed by atoms with Crippen LogP contribution in [-0.4, -0.2) is 23.9 Å². The Balaban J connectivity index is 2.11. The van der Waals surface area contributed by atoms with Crippen molar-refractivity contribution in [1.29, 1.82) is 0 Å². The fourth-order valence-electron chi connectivity index (χ4n) is 2.09. The number of amides is 2. The highest BCUT2D eigenvalue weighted by Crippen LogP contribution is 2.26. The van der Waals surface area contributed by atoms with Crippen molar-refractivity contribution in [3.05, 3.63) is 17.0 Å². The summed E-state index contributed by atoms with van der Waals surface area (Å²) in [6, 6.07) is 1.62. The van der Waals surface area contributed by atoms with Crippen LogP contribution in [0.5, 0.6) is 0 Å². The van der Waals surface area contributed by atoms with E-state index >= 15 is 0 Å². The van der Waals surface area contributed by atoms with E-state index in [9.17, 15) is 9.59 Å². The molecule has 1 aliphatic rings. The SMILES string of the molecule is CC1(C(=O)Nc2sccc2C(N)=O)CCCCN1. The molecule has 1 aliphatic heterocycles. The second-order valence-electron chi connectivity index (χ2n) is 4.70. The maximum absolute atomic E-state index is 12.2. The topological polar surface area (TPSA) is 84.2 Å². The summed E-state index contributed by atoms with van der Waals surface area (Å²) in [6.45, 7) is 2.73. The Bertz CT molecular complexity index is 464. The van der Waals surface area contributed by atoms with E-state index < -0.39 is 11.4 Å². The third kappa shape index (κ3) is 2.54. The first-order chi connectivity index (χ1) is 8.53. The van der Waals surface area contributed by atoms with E-state index in [0.29, 0.717) is 10.6 Å². The molecule has 2 rings (SSSR count). The summed E-state index contributed by atoms with van der Waals surface area (Å²) in [5.74, 6) is -0.625. The fraction of sp³-hybridized carbons (Fsp3) is 0.500. The third-order valence-corrected chi connectivity index (χ3v) is 4.11. The number of anilines is 1. The van der Waals surface area contributed by atoms with Crippen LogP contribution in [0.1, 0.15) is 36.5 Å². The predicted octanol–water partition coefficient (Wildman–Crippen LogP) is 1.32. The molecule has 1 aromatic heterocycles. The normalized spacial score (nSPS) is 23.6. The number of nitrogens with two attached hydrogens (primary N) is 1. The Labute approximate surface area is 110 Å². The average Bonchev–Trinajstić information content (AvgIpc) is 2.78. The molecule has 0 aliphatic carbocycles. The van der Waals surface area contributed by atoms with E-state index in [1.54, 1.807) is 11.4 Å². The van der Waals surface area contributed by atoms with Gasteiger partial charge in [0.2, 0.25) is 5.91 Å². The van der Waals surface area contributed by atoms with Gasteiger partial charge in [0, 0.05) is 0 Å². The van der Waals surface area contributed by atoms with Crippen LogP contribution < -0.4 is 16.4 Å². The van der Waals surface area contributed by atoms with E-state index in [1.165, 1.54) is 11.3 Å². The van der Waals surface area contributed by atoms with Crippen LogP contribution in [0.4, 0.5) is 5.00 Å². The first-order valence-corrected chi connectivity index (χ1v) is 6.85. The van der Waals surface area contributed by atoms with Gasteiger partial charge in [-0.25, -0.2) is 0 Å². The van der Waals surface area contributed by atoms with Gasteiger partial charge in [0.15, 0.2) is 0 Å². The summed E-state index contributed by atoms with van der Waals surface area (Å²) in [7, 11) is 0. The number of nitrogens with one attached hydrogen (secondary N) is 2. The first-order valence-electron chi connectivity index (χ1n) is 5.97. The summed E-state index contributed by atoms with van der Waals surface area (Å²) >= 11 is 1.31. The van der Waals surface area contributed by atoms with Crippen LogP contribution in [0.3, 0.4) is 0 Å². The van der Waals surface area contributed by atoms with Crippen molar-refractivity contribution in [3.8, 4) is 0 Å². The maximum Gasteiger partial charge on any atom is 0.251 e. The quantitative estimate of drug-likeness (QED) is 0.772. The van der Waals surface area contributed by atoms with Gasteiger partial charge in [0.05, 0.1) is 11.1 Å². The summed E-state index contributed by atoms with van der Waals surface area (Å²) in [5, 5.41) is 8.30. The molecule has 0 saturated carbocycles. The van der Waals surface area contributed by atoms with E-state index in [2.05, 4.69) is 10.6 Å². The molecule has 0 radical (unpaired) electrons. The Kier molecular flexibility index (Phi) is 3.68. The average molecular weight is 267 g/mol. The summed E-state index contributed by atoms with van der Waals surface area (Å²) in [5.41, 5.74) is 5.06. The number of primary amides is 1. The number of carbonyl (C=O) groups excluding carboxylic acids is 2. The molecule has 1 atom stereocenters. The van der Waals surface area contributed by atoms with Gasteiger partial charge in [0.1, 0.15) is 5.00 Å².